The number of nitrogens with zero attached hydrogens (tertiary/aromatic N) is 3. The summed E-state index contributed by atoms with van der Waals surface area (Å²) < 4.78 is 1.70. The van der Waals surface area contributed by atoms with Gasteiger partial charge in [0.05, 0.1) is 6.20 Å². The molecule has 4 nitrogen and oxygen atoms in total. The first-order valence-electron chi connectivity index (χ1n) is 5.08. The molecule has 0 bridgehead atoms. The van der Waals surface area contributed by atoms with Crippen molar-refractivity contribution in [3.8, 4) is 0 Å². The highest BCUT2D eigenvalue weighted by Gasteiger charge is 2.10. The minimum atomic E-state index is 0.105. The Morgan fingerprint density at radius 3 is 2.88 bits per heavy atom. The summed E-state index contributed by atoms with van der Waals surface area (Å²) >= 11 is 0. The van der Waals surface area contributed by atoms with Crippen LogP contribution in [-0.2, 0) is 13.5 Å². The van der Waals surface area contributed by atoms with Gasteiger partial charge in [0.25, 0.3) is 0 Å². The summed E-state index contributed by atoms with van der Waals surface area (Å²) in [5, 5.41) is 4.04. The van der Waals surface area contributed by atoms with Gasteiger partial charge in [-0.05, 0) is 24.1 Å². The molecule has 0 atom stereocenters. The summed E-state index contributed by atoms with van der Waals surface area (Å²) in [6.45, 7) is 1.89. The molecule has 0 amide bonds. The van der Waals surface area contributed by atoms with Gasteiger partial charge < -0.3 is 0 Å². The van der Waals surface area contributed by atoms with Crippen LogP contribution in [0.5, 0.6) is 0 Å². The molecule has 0 aliphatic heterocycles. The fraction of sp³-hybridized carbons (Fsp3) is 0.250. The number of ketones is 1. The lowest BCUT2D eigenvalue weighted by atomic mass is 10.0. The van der Waals surface area contributed by atoms with E-state index in [1.54, 1.807) is 29.3 Å². The van der Waals surface area contributed by atoms with Gasteiger partial charge in [-0.3, -0.25) is 14.5 Å². The molecule has 0 saturated carbocycles. The van der Waals surface area contributed by atoms with Crippen molar-refractivity contribution in [2.45, 2.75) is 13.3 Å². The molecule has 0 saturated heterocycles. The number of hydrogen-bond donors (Lipinski definition) is 0. The zero-order valence-corrected chi connectivity index (χ0v) is 9.34. The number of carbonyl (C=O) groups is 1. The number of Topliss-reactive ketones (excluding diaryl/α,β-unsaturated/α-hetero) is 1. The van der Waals surface area contributed by atoms with Crippen LogP contribution in [0.2, 0.25) is 0 Å². The Hall–Kier alpha value is -1.97. The molecule has 0 aromatic carbocycles. The predicted molar refractivity (Wildman–Crippen MR) is 60.2 cm³/mol. The summed E-state index contributed by atoms with van der Waals surface area (Å²) in [6.07, 6.45) is 7.31. The highest BCUT2D eigenvalue weighted by Crippen LogP contribution is 2.10. The second-order valence-corrected chi connectivity index (χ2v) is 3.81. The van der Waals surface area contributed by atoms with E-state index in [4.69, 9.17) is 0 Å². The Kier molecular flexibility index (Phi) is 2.81. The molecule has 82 valence electrons. The summed E-state index contributed by atoms with van der Waals surface area (Å²) in [7, 11) is 1.84. The van der Waals surface area contributed by atoms with Crippen LogP contribution in [0.4, 0.5) is 0 Å². The van der Waals surface area contributed by atoms with Crippen LogP contribution < -0.4 is 0 Å². The molecule has 0 unspecified atom stereocenters. The quantitative estimate of drug-likeness (QED) is 0.730. The third-order valence-electron chi connectivity index (χ3n) is 2.44. The van der Waals surface area contributed by atoms with Crippen LogP contribution in [0.15, 0.2) is 30.9 Å². The monoisotopic (exact) mass is 215 g/mol. The number of aromatic nitrogens is 3. The lowest BCUT2D eigenvalue weighted by Gasteiger charge is -2.02. The zero-order chi connectivity index (χ0) is 11.5. The largest absolute Gasteiger partial charge is 0.294 e. The van der Waals surface area contributed by atoms with Crippen LogP contribution >= 0.6 is 0 Å². The number of carbonyl (C=O) groups excluding carboxylic acids is 1. The molecule has 0 fully saturated rings. The predicted octanol–water partition coefficient (Wildman–Crippen LogP) is 1.55. The minimum Gasteiger partial charge on any atom is -0.294 e. The van der Waals surface area contributed by atoms with Gasteiger partial charge in [0, 0.05) is 37.6 Å². The highest BCUT2D eigenvalue weighted by atomic mass is 16.1. The first-order valence-corrected chi connectivity index (χ1v) is 5.08. The molecule has 0 radical (unpaired) electrons. The smallest absolute Gasteiger partial charge is 0.167 e. The molecule has 2 aromatic heterocycles. The summed E-state index contributed by atoms with van der Waals surface area (Å²) in [6, 6.07) is 1.76. The molecule has 0 N–H and O–H groups in total. The fourth-order valence-corrected chi connectivity index (χ4v) is 1.63. The maximum atomic E-state index is 12.0. The van der Waals surface area contributed by atoms with E-state index in [1.165, 1.54) is 0 Å². The van der Waals surface area contributed by atoms with Crippen molar-refractivity contribution < 1.29 is 4.79 Å². The Morgan fingerprint density at radius 2 is 2.25 bits per heavy atom. The number of hydrogen-bond acceptors (Lipinski definition) is 3. The highest BCUT2D eigenvalue weighted by molar-refractivity contribution is 5.98. The molecule has 2 heterocycles. The molecular formula is C12H13N3O. The van der Waals surface area contributed by atoms with Crippen LogP contribution in [0, 0.1) is 6.92 Å². The van der Waals surface area contributed by atoms with Crippen molar-refractivity contribution in [2.75, 3.05) is 0 Å². The molecule has 0 spiro atoms. The molecule has 0 aliphatic carbocycles. The van der Waals surface area contributed by atoms with Gasteiger partial charge in [-0.25, -0.2) is 0 Å². The van der Waals surface area contributed by atoms with Crippen molar-refractivity contribution in [1.82, 2.24) is 14.8 Å². The molecule has 0 aliphatic rings. The van der Waals surface area contributed by atoms with Crippen molar-refractivity contribution in [3.63, 3.8) is 0 Å². The number of pyridine rings is 1. The van der Waals surface area contributed by atoms with Gasteiger partial charge in [-0.15, -0.1) is 0 Å². The van der Waals surface area contributed by atoms with Crippen LogP contribution in [0.1, 0.15) is 21.5 Å². The van der Waals surface area contributed by atoms with E-state index in [0.29, 0.717) is 6.42 Å². The average molecular weight is 215 g/mol. The molecule has 2 rings (SSSR count). The van der Waals surface area contributed by atoms with E-state index in [2.05, 4.69) is 10.1 Å². The number of aryl methyl sites for hydroxylation is 2. The zero-order valence-electron chi connectivity index (χ0n) is 9.34. The van der Waals surface area contributed by atoms with E-state index in [0.717, 1.165) is 16.7 Å². The van der Waals surface area contributed by atoms with E-state index < -0.39 is 0 Å². The molecular weight excluding hydrogens is 202 g/mol. The van der Waals surface area contributed by atoms with Crippen LogP contribution in [-0.4, -0.2) is 20.5 Å². The Labute approximate surface area is 93.9 Å². The summed E-state index contributed by atoms with van der Waals surface area (Å²) in [5.74, 6) is 0.105. The van der Waals surface area contributed by atoms with Crippen molar-refractivity contribution >= 4 is 5.78 Å². The average Bonchev–Trinajstić information content (AvgIpc) is 2.64. The van der Waals surface area contributed by atoms with Crippen molar-refractivity contribution in [2.24, 2.45) is 7.05 Å². The van der Waals surface area contributed by atoms with Gasteiger partial charge in [0.1, 0.15) is 0 Å². The van der Waals surface area contributed by atoms with Gasteiger partial charge in [0.15, 0.2) is 5.78 Å². The molecule has 16 heavy (non-hydrogen) atoms. The maximum Gasteiger partial charge on any atom is 0.167 e. The Bertz CT molecular complexity index is 516. The summed E-state index contributed by atoms with van der Waals surface area (Å²) in [5.41, 5.74) is 2.58. The molecule has 2 aromatic rings. The second-order valence-electron chi connectivity index (χ2n) is 3.81. The lowest BCUT2D eigenvalue weighted by molar-refractivity contribution is 0.0992. The van der Waals surface area contributed by atoms with Gasteiger partial charge >= 0.3 is 0 Å². The van der Waals surface area contributed by atoms with Gasteiger partial charge in [-0.2, -0.15) is 5.10 Å². The lowest BCUT2D eigenvalue weighted by Crippen LogP contribution is -2.05. The Balaban J connectivity index is 2.18. The molecule has 4 heteroatoms. The van der Waals surface area contributed by atoms with Crippen molar-refractivity contribution in [1.29, 1.82) is 0 Å². The SMILES string of the molecule is Cc1cnccc1C(=O)Cc1cnn(C)c1. The third kappa shape index (κ3) is 2.16. The topological polar surface area (TPSA) is 47.8 Å². The maximum absolute atomic E-state index is 12.0. The van der Waals surface area contributed by atoms with Gasteiger partial charge in [0.2, 0.25) is 0 Å². The van der Waals surface area contributed by atoms with Crippen LogP contribution in [0.3, 0.4) is 0 Å². The fourth-order valence-electron chi connectivity index (χ4n) is 1.63. The van der Waals surface area contributed by atoms with Gasteiger partial charge in [-0.1, -0.05) is 0 Å². The first kappa shape index (κ1) is 10.5. The minimum absolute atomic E-state index is 0.105. The van der Waals surface area contributed by atoms with E-state index in [-0.39, 0.29) is 5.78 Å². The summed E-state index contributed by atoms with van der Waals surface area (Å²) in [4.78, 5) is 15.9. The normalized spacial score (nSPS) is 10.4. The Morgan fingerprint density at radius 1 is 1.44 bits per heavy atom. The second kappa shape index (κ2) is 4.26. The van der Waals surface area contributed by atoms with Crippen LogP contribution in [0.25, 0.3) is 0 Å². The number of rotatable bonds is 3. The third-order valence-corrected chi connectivity index (χ3v) is 2.44. The van der Waals surface area contributed by atoms with E-state index >= 15 is 0 Å². The standard InChI is InChI=1S/C12H13N3O/c1-9-6-13-4-3-11(9)12(16)5-10-7-14-15(2)8-10/h3-4,6-8H,5H2,1-2H3. The van der Waals surface area contributed by atoms with Crippen molar-refractivity contribution in [3.05, 3.63) is 47.5 Å². The van der Waals surface area contributed by atoms with E-state index in [9.17, 15) is 4.79 Å². The van der Waals surface area contributed by atoms with E-state index in [1.807, 2.05) is 20.2 Å². The first-order chi connectivity index (χ1) is 7.66.